The normalized spacial score (nSPS) is 21.1. The van der Waals surface area contributed by atoms with Crippen LogP contribution < -0.4 is 4.90 Å². The Morgan fingerprint density at radius 1 is 1.53 bits per heavy atom. The van der Waals surface area contributed by atoms with E-state index in [1.54, 1.807) is 4.52 Å². The molecule has 0 saturated carbocycles. The molecule has 3 heterocycles. The smallest absolute Gasteiger partial charge is 0.243 e. The molecule has 0 bridgehead atoms. The van der Waals surface area contributed by atoms with Crippen molar-refractivity contribution in [2.75, 3.05) is 24.7 Å². The van der Waals surface area contributed by atoms with E-state index < -0.39 is 0 Å². The Morgan fingerprint density at radius 3 is 3.24 bits per heavy atom. The molecule has 17 heavy (non-hydrogen) atoms. The van der Waals surface area contributed by atoms with Gasteiger partial charge in [-0.25, -0.2) is 4.52 Å². The van der Waals surface area contributed by atoms with Gasteiger partial charge in [-0.1, -0.05) is 0 Å². The standard InChI is InChI=1S/C11H13ClN4O/c1-8-7-17-6-5-15(8)10-9-3-2-4-16(9)14-11(12)13-10/h2-4,8H,5-7H2,1H3/t8-/m1/s1. The molecule has 90 valence electrons. The highest BCUT2D eigenvalue weighted by molar-refractivity contribution is 6.28. The van der Waals surface area contributed by atoms with E-state index in [9.17, 15) is 0 Å². The Morgan fingerprint density at radius 2 is 2.41 bits per heavy atom. The van der Waals surface area contributed by atoms with Crippen molar-refractivity contribution in [3.05, 3.63) is 23.6 Å². The molecule has 0 aromatic carbocycles. The molecule has 2 aromatic rings. The summed E-state index contributed by atoms with van der Waals surface area (Å²) in [5.41, 5.74) is 0.975. The van der Waals surface area contributed by atoms with Crippen molar-refractivity contribution in [3.8, 4) is 0 Å². The molecular formula is C11H13ClN4O. The minimum absolute atomic E-state index is 0.266. The van der Waals surface area contributed by atoms with Crippen molar-refractivity contribution < 1.29 is 4.74 Å². The van der Waals surface area contributed by atoms with Crippen molar-refractivity contribution in [2.45, 2.75) is 13.0 Å². The summed E-state index contributed by atoms with van der Waals surface area (Å²) in [6.45, 7) is 4.39. The van der Waals surface area contributed by atoms with Crippen LogP contribution in [0.5, 0.6) is 0 Å². The van der Waals surface area contributed by atoms with E-state index >= 15 is 0 Å². The minimum Gasteiger partial charge on any atom is -0.377 e. The molecule has 3 rings (SSSR count). The van der Waals surface area contributed by atoms with Gasteiger partial charge in [0, 0.05) is 12.7 Å². The summed E-state index contributed by atoms with van der Waals surface area (Å²) in [7, 11) is 0. The Balaban J connectivity index is 2.11. The SMILES string of the molecule is C[C@@H]1COCCN1c1nc(Cl)nn2cccc12. The first kappa shape index (κ1) is 10.8. The lowest BCUT2D eigenvalue weighted by Crippen LogP contribution is -2.44. The van der Waals surface area contributed by atoms with Gasteiger partial charge in [-0.15, -0.1) is 5.10 Å². The van der Waals surface area contributed by atoms with E-state index in [0.29, 0.717) is 12.6 Å². The van der Waals surface area contributed by atoms with Crippen LogP contribution in [0.1, 0.15) is 6.92 Å². The lowest BCUT2D eigenvalue weighted by molar-refractivity contribution is 0.0986. The van der Waals surface area contributed by atoms with Gasteiger partial charge in [0.1, 0.15) is 5.52 Å². The van der Waals surface area contributed by atoms with Gasteiger partial charge in [0.05, 0.1) is 19.3 Å². The summed E-state index contributed by atoms with van der Waals surface area (Å²) in [5, 5.41) is 4.40. The molecule has 5 nitrogen and oxygen atoms in total. The predicted molar refractivity (Wildman–Crippen MR) is 65.6 cm³/mol. The summed E-state index contributed by atoms with van der Waals surface area (Å²) >= 11 is 5.95. The van der Waals surface area contributed by atoms with E-state index in [0.717, 1.165) is 24.5 Å². The maximum atomic E-state index is 5.95. The van der Waals surface area contributed by atoms with Gasteiger partial charge in [-0.3, -0.25) is 0 Å². The summed E-state index contributed by atoms with van der Waals surface area (Å²) < 4.78 is 7.19. The highest BCUT2D eigenvalue weighted by Gasteiger charge is 2.23. The van der Waals surface area contributed by atoms with Crippen LogP contribution >= 0.6 is 11.6 Å². The number of anilines is 1. The highest BCUT2D eigenvalue weighted by atomic mass is 35.5. The Bertz CT molecular complexity index is 541. The zero-order chi connectivity index (χ0) is 11.8. The predicted octanol–water partition coefficient (Wildman–Crippen LogP) is 1.61. The maximum Gasteiger partial charge on any atom is 0.243 e. The molecule has 2 aromatic heterocycles. The number of nitrogens with zero attached hydrogens (tertiary/aromatic N) is 4. The summed E-state index contributed by atoms with van der Waals surface area (Å²) in [6, 6.07) is 4.23. The third-order valence-corrected chi connectivity index (χ3v) is 3.15. The molecule has 1 aliphatic rings. The maximum absolute atomic E-state index is 5.95. The van der Waals surface area contributed by atoms with E-state index in [4.69, 9.17) is 16.3 Å². The zero-order valence-corrected chi connectivity index (χ0v) is 10.3. The molecule has 1 saturated heterocycles. The fourth-order valence-electron chi connectivity index (χ4n) is 2.15. The zero-order valence-electron chi connectivity index (χ0n) is 9.51. The van der Waals surface area contributed by atoms with Crippen molar-refractivity contribution in [1.29, 1.82) is 0 Å². The van der Waals surface area contributed by atoms with Gasteiger partial charge < -0.3 is 9.64 Å². The first-order chi connectivity index (χ1) is 8.25. The van der Waals surface area contributed by atoms with Crippen molar-refractivity contribution in [1.82, 2.24) is 14.6 Å². The van der Waals surface area contributed by atoms with Crippen LogP contribution in [0.4, 0.5) is 5.82 Å². The highest BCUT2D eigenvalue weighted by Crippen LogP contribution is 2.24. The minimum atomic E-state index is 0.266. The molecule has 6 heteroatoms. The lowest BCUT2D eigenvalue weighted by Gasteiger charge is -2.34. The van der Waals surface area contributed by atoms with Crippen LogP contribution in [0.25, 0.3) is 5.52 Å². The number of rotatable bonds is 1. The summed E-state index contributed by atoms with van der Waals surface area (Å²) in [6.07, 6.45) is 1.87. The van der Waals surface area contributed by atoms with Crippen LogP contribution in [-0.4, -0.2) is 40.4 Å². The molecular weight excluding hydrogens is 240 g/mol. The second-order valence-electron chi connectivity index (χ2n) is 4.16. The molecule has 0 radical (unpaired) electrons. The number of hydrogen-bond acceptors (Lipinski definition) is 4. The van der Waals surface area contributed by atoms with Gasteiger partial charge in [0.2, 0.25) is 5.28 Å². The van der Waals surface area contributed by atoms with Crippen LogP contribution in [0.3, 0.4) is 0 Å². The fraction of sp³-hybridized carbons (Fsp3) is 0.455. The number of aromatic nitrogens is 3. The molecule has 0 aliphatic carbocycles. The number of fused-ring (bicyclic) bond motifs is 1. The monoisotopic (exact) mass is 252 g/mol. The largest absolute Gasteiger partial charge is 0.377 e. The van der Waals surface area contributed by atoms with Gasteiger partial charge >= 0.3 is 0 Å². The quantitative estimate of drug-likeness (QED) is 0.773. The average Bonchev–Trinajstić information content (AvgIpc) is 2.76. The second kappa shape index (κ2) is 4.16. The average molecular weight is 253 g/mol. The molecule has 0 unspecified atom stereocenters. The number of ether oxygens (including phenoxy) is 1. The van der Waals surface area contributed by atoms with E-state index in [1.807, 2.05) is 18.3 Å². The third kappa shape index (κ3) is 1.85. The molecule has 0 spiro atoms. The van der Waals surface area contributed by atoms with Crippen LogP contribution in [-0.2, 0) is 4.74 Å². The van der Waals surface area contributed by atoms with Gasteiger partial charge in [-0.05, 0) is 30.7 Å². The van der Waals surface area contributed by atoms with E-state index in [-0.39, 0.29) is 5.28 Å². The van der Waals surface area contributed by atoms with Gasteiger partial charge in [-0.2, -0.15) is 4.98 Å². The molecule has 1 aliphatic heterocycles. The first-order valence-electron chi connectivity index (χ1n) is 5.61. The third-order valence-electron chi connectivity index (χ3n) is 2.99. The molecule has 1 atom stereocenters. The molecule has 0 N–H and O–H groups in total. The number of hydrogen-bond donors (Lipinski definition) is 0. The number of morpholine rings is 1. The number of halogens is 1. The van der Waals surface area contributed by atoms with Crippen molar-refractivity contribution in [3.63, 3.8) is 0 Å². The van der Waals surface area contributed by atoms with Crippen LogP contribution in [0.15, 0.2) is 18.3 Å². The Hall–Kier alpha value is -1.33. The fourth-order valence-corrected chi connectivity index (χ4v) is 2.31. The Labute approximate surface area is 104 Å². The summed E-state index contributed by atoms with van der Waals surface area (Å²) in [4.78, 5) is 6.57. The van der Waals surface area contributed by atoms with Gasteiger partial charge in [0.25, 0.3) is 0 Å². The lowest BCUT2D eigenvalue weighted by atomic mass is 10.2. The van der Waals surface area contributed by atoms with Crippen LogP contribution in [0.2, 0.25) is 5.28 Å². The van der Waals surface area contributed by atoms with Gasteiger partial charge in [0.15, 0.2) is 5.82 Å². The molecule has 0 amide bonds. The first-order valence-corrected chi connectivity index (χ1v) is 5.99. The second-order valence-corrected chi connectivity index (χ2v) is 4.50. The Kier molecular flexibility index (Phi) is 2.64. The van der Waals surface area contributed by atoms with E-state index in [2.05, 4.69) is 21.9 Å². The van der Waals surface area contributed by atoms with Crippen molar-refractivity contribution in [2.24, 2.45) is 0 Å². The summed E-state index contributed by atoms with van der Waals surface area (Å²) in [5.74, 6) is 0.880. The topological polar surface area (TPSA) is 42.7 Å². The van der Waals surface area contributed by atoms with E-state index in [1.165, 1.54) is 0 Å². The van der Waals surface area contributed by atoms with Crippen LogP contribution in [0, 0.1) is 0 Å². The van der Waals surface area contributed by atoms with Crippen molar-refractivity contribution >= 4 is 22.9 Å². The molecule has 1 fully saturated rings.